The van der Waals surface area contributed by atoms with Gasteiger partial charge in [-0.1, -0.05) is 29.8 Å². The van der Waals surface area contributed by atoms with Gasteiger partial charge in [0.1, 0.15) is 28.9 Å². The molecule has 0 bridgehead atoms. The minimum atomic E-state index is -0.776. The third-order valence-electron chi connectivity index (χ3n) is 4.35. The van der Waals surface area contributed by atoms with Crippen molar-refractivity contribution in [2.24, 2.45) is 5.73 Å². The lowest BCUT2D eigenvalue weighted by Crippen LogP contribution is -2.25. The first-order chi connectivity index (χ1) is 13.0. The van der Waals surface area contributed by atoms with Gasteiger partial charge in [-0.2, -0.15) is 5.26 Å². The number of hydrogen-bond donors (Lipinski definition) is 1. The fraction of sp³-hybridized carbons (Fsp3) is 0.238. The van der Waals surface area contributed by atoms with Gasteiger partial charge in [-0.3, -0.25) is 0 Å². The number of aryl methyl sites for hydroxylation is 1. The van der Waals surface area contributed by atoms with Crippen molar-refractivity contribution in [2.45, 2.75) is 26.7 Å². The van der Waals surface area contributed by atoms with Crippen LogP contribution < -0.4 is 5.73 Å². The highest BCUT2D eigenvalue weighted by atomic mass is 16.5. The lowest BCUT2D eigenvalue weighted by Gasteiger charge is -2.25. The highest BCUT2D eigenvalue weighted by Crippen LogP contribution is 2.41. The minimum Gasteiger partial charge on any atom is -0.463 e. The maximum absolute atomic E-state index is 12.5. The van der Waals surface area contributed by atoms with Crippen LogP contribution in [0.3, 0.4) is 0 Å². The molecule has 0 saturated heterocycles. The van der Waals surface area contributed by atoms with Gasteiger partial charge in [0.15, 0.2) is 0 Å². The zero-order valence-electron chi connectivity index (χ0n) is 15.4. The lowest BCUT2D eigenvalue weighted by molar-refractivity contribution is -0.139. The molecule has 1 aromatic heterocycles. The number of rotatable bonds is 4. The van der Waals surface area contributed by atoms with Gasteiger partial charge in [0, 0.05) is 5.56 Å². The van der Waals surface area contributed by atoms with Crippen LogP contribution in [-0.2, 0) is 14.3 Å². The summed E-state index contributed by atoms with van der Waals surface area (Å²) in [6.07, 6.45) is 0. The molecule has 6 nitrogen and oxygen atoms in total. The van der Waals surface area contributed by atoms with Crippen molar-refractivity contribution < 1.29 is 18.7 Å². The monoisotopic (exact) mass is 364 g/mol. The first kappa shape index (κ1) is 18.3. The average molecular weight is 364 g/mol. The van der Waals surface area contributed by atoms with Crippen LogP contribution >= 0.6 is 0 Å². The van der Waals surface area contributed by atoms with Crippen LogP contribution in [0.4, 0.5) is 0 Å². The van der Waals surface area contributed by atoms with E-state index in [-0.39, 0.29) is 23.6 Å². The molecule has 6 heteroatoms. The van der Waals surface area contributed by atoms with E-state index in [9.17, 15) is 10.1 Å². The van der Waals surface area contributed by atoms with Crippen LogP contribution in [-0.4, -0.2) is 12.6 Å². The van der Waals surface area contributed by atoms with Gasteiger partial charge in [-0.25, -0.2) is 4.79 Å². The third-order valence-corrected chi connectivity index (χ3v) is 4.35. The van der Waals surface area contributed by atoms with Crippen LogP contribution in [0.25, 0.3) is 11.3 Å². The van der Waals surface area contributed by atoms with E-state index in [4.69, 9.17) is 19.6 Å². The number of hydrogen-bond acceptors (Lipinski definition) is 6. The number of carbonyl (C=O) groups excluding carboxylic acids is 1. The maximum Gasteiger partial charge on any atom is 0.338 e. The van der Waals surface area contributed by atoms with E-state index in [1.807, 2.05) is 37.3 Å². The number of nitriles is 1. The van der Waals surface area contributed by atoms with Crippen molar-refractivity contribution in [2.75, 3.05) is 6.61 Å². The molecule has 0 amide bonds. The number of esters is 1. The molecule has 1 unspecified atom stereocenters. The first-order valence-electron chi connectivity index (χ1n) is 8.58. The molecule has 1 atom stereocenters. The van der Waals surface area contributed by atoms with Crippen molar-refractivity contribution >= 4 is 5.97 Å². The third kappa shape index (κ3) is 3.44. The molecule has 0 aliphatic carbocycles. The second kappa shape index (κ2) is 7.42. The number of benzene rings is 1. The molecule has 0 spiro atoms. The zero-order chi connectivity index (χ0) is 19.6. The van der Waals surface area contributed by atoms with Gasteiger partial charge in [0.05, 0.1) is 18.1 Å². The van der Waals surface area contributed by atoms with Crippen LogP contribution in [0, 0.1) is 18.3 Å². The lowest BCUT2D eigenvalue weighted by atomic mass is 9.87. The second-order valence-electron chi connectivity index (χ2n) is 6.18. The summed E-state index contributed by atoms with van der Waals surface area (Å²) in [7, 11) is 0. The minimum absolute atomic E-state index is 0.0404. The highest BCUT2D eigenvalue weighted by molar-refractivity contribution is 5.92. The van der Waals surface area contributed by atoms with Crippen LogP contribution in [0.2, 0.25) is 0 Å². The molecule has 138 valence electrons. The normalized spacial score (nSPS) is 16.7. The van der Waals surface area contributed by atoms with Gasteiger partial charge < -0.3 is 19.6 Å². The number of carbonyl (C=O) groups is 1. The molecule has 3 rings (SSSR count). The van der Waals surface area contributed by atoms with E-state index >= 15 is 0 Å². The molecule has 2 N–H and O–H groups in total. The molecule has 1 aliphatic rings. The molecule has 1 aromatic carbocycles. The summed E-state index contributed by atoms with van der Waals surface area (Å²) in [5.74, 6) is -0.0240. The van der Waals surface area contributed by atoms with E-state index in [1.165, 1.54) is 0 Å². The smallest absolute Gasteiger partial charge is 0.338 e. The summed E-state index contributed by atoms with van der Waals surface area (Å²) in [6, 6.07) is 13.4. The van der Waals surface area contributed by atoms with E-state index in [0.717, 1.165) is 11.1 Å². The summed E-state index contributed by atoms with van der Waals surface area (Å²) in [5, 5.41) is 9.58. The van der Waals surface area contributed by atoms with E-state index in [2.05, 4.69) is 0 Å². The Morgan fingerprint density at radius 2 is 1.93 bits per heavy atom. The van der Waals surface area contributed by atoms with Gasteiger partial charge >= 0.3 is 5.97 Å². The number of ether oxygens (including phenoxy) is 2. The topological polar surface area (TPSA) is 98.5 Å². The molecular weight excluding hydrogens is 344 g/mol. The van der Waals surface area contributed by atoms with E-state index < -0.39 is 11.9 Å². The summed E-state index contributed by atoms with van der Waals surface area (Å²) in [6.45, 7) is 5.54. The van der Waals surface area contributed by atoms with Gasteiger partial charge in [-0.15, -0.1) is 0 Å². The largest absolute Gasteiger partial charge is 0.463 e. The standard InChI is InChI=1S/C21H20N2O4/c1-4-25-21(24)18-13(3)26-20(23)15(11-22)19(18)17-10-9-16(27-17)14-7-5-12(2)6-8-14/h5-10,19H,4,23H2,1-3H3. The van der Waals surface area contributed by atoms with E-state index in [0.29, 0.717) is 17.3 Å². The fourth-order valence-electron chi connectivity index (χ4n) is 3.02. The Bertz CT molecular complexity index is 974. The quantitative estimate of drug-likeness (QED) is 0.826. The molecule has 0 saturated carbocycles. The van der Waals surface area contributed by atoms with Crippen molar-refractivity contribution in [3.8, 4) is 17.4 Å². The molecule has 2 aromatic rings. The Labute approximate surface area is 157 Å². The SMILES string of the molecule is CCOC(=O)C1=C(C)OC(N)=C(C#N)C1c1ccc(-c2ccc(C)cc2)o1. The summed E-state index contributed by atoms with van der Waals surface area (Å²) in [5.41, 5.74) is 8.26. The number of nitrogens with two attached hydrogens (primary N) is 1. The zero-order valence-corrected chi connectivity index (χ0v) is 15.4. The Morgan fingerprint density at radius 3 is 2.56 bits per heavy atom. The predicted octanol–water partition coefficient (Wildman–Crippen LogP) is 3.90. The fourth-order valence-corrected chi connectivity index (χ4v) is 3.02. The van der Waals surface area contributed by atoms with Crippen molar-refractivity contribution in [3.05, 3.63) is 70.5 Å². The van der Waals surface area contributed by atoms with Crippen LogP contribution in [0.1, 0.15) is 31.1 Å². The average Bonchev–Trinajstić information content (AvgIpc) is 3.11. The molecule has 0 radical (unpaired) electrons. The van der Waals surface area contributed by atoms with Crippen LogP contribution in [0.5, 0.6) is 0 Å². The Hall–Kier alpha value is -3.46. The summed E-state index contributed by atoms with van der Waals surface area (Å²) < 4.78 is 16.5. The van der Waals surface area contributed by atoms with Crippen molar-refractivity contribution in [3.63, 3.8) is 0 Å². The van der Waals surface area contributed by atoms with Crippen molar-refractivity contribution in [1.29, 1.82) is 5.26 Å². The van der Waals surface area contributed by atoms with Crippen LogP contribution in [0.15, 0.2) is 63.6 Å². The molecule has 0 fully saturated rings. The highest BCUT2D eigenvalue weighted by Gasteiger charge is 2.38. The Balaban J connectivity index is 2.07. The number of furan rings is 1. The molecule has 1 aliphatic heterocycles. The maximum atomic E-state index is 12.5. The summed E-state index contributed by atoms with van der Waals surface area (Å²) >= 11 is 0. The van der Waals surface area contributed by atoms with Crippen molar-refractivity contribution in [1.82, 2.24) is 0 Å². The Kier molecular flexibility index (Phi) is 5.04. The van der Waals surface area contributed by atoms with Gasteiger partial charge in [-0.05, 0) is 32.9 Å². The second-order valence-corrected chi connectivity index (χ2v) is 6.18. The van der Waals surface area contributed by atoms with Gasteiger partial charge in [0.25, 0.3) is 0 Å². The first-order valence-corrected chi connectivity index (χ1v) is 8.58. The van der Waals surface area contributed by atoms with E-state index in [1.54, 1.807) is 26.0 Å². The molecule has 2 heterocycles. The number of nitrogens with zero attached hydrogens (tertiary/aromatic N) is 1. The van der Waals surface area contributed by atoms with Gasteiger partial charge in [0.2, 0.25) is 5.88 Å². The summed E-state index contributed by atoms with van der Waals surface area (Å²) in [4.78, 5) is 12.5. The predicted molar refractivity (Wildman–Crippen MR) is 98.9 cm³/mol. The molecule has 27 heavy (non-hydrogen) atoms. The molecular formula is C21H20N2O4. The Morgan fingerprint density at radius 1 is 1.22 bits per heavy atom. The number of allylic oxidation sites excluding steroid dienone is 2.